The number of aryl methyl sites for hydroxylation is 1. The van der Waals surface area contributed by atoms with E-state index in [1.807, 2.05) is 60.7 Å². The van der Waals surface area contributed by atoms with Crippen LogP contribution in [0.4, 0.5) is 4.79 Å². The van der Waals surface area contributed by atoms with Crippen LogP contribution in [0.2, 0.25) is 0 Å². The Labute approximate surface area is 266 Å². The summed E-state index contributed by atoms with van der Waals surface area (Å²) in [7, 11) is 0. The van der Waals surface area contributed by atoms with Gasteiger partial charge in [-0.15, -0.1) is 11.8 Å². The van der Waals surface area contributed by atoms with Crippen molar-refractivity contribution >= 4 is 41.4 Å². The van der Waals surface area contributed by atoms with E-state index in [-0.39, 0.29) is 24.7 Å². The normalized spacial score (nSPS) is 15.5. The Morgan fingerprint density at radius 1 is 0.800 bits per heavy atom. The van der Waals surface area contributed by atoms with Crippen molar-refractivity contribution in [3.05, 3.63) is 108 Å². The highest BCUT2D eigenvalue weighted by Crippen LogP contribution is 2.24. The molecule has 0 aliphatic carbocycles. The van der Waals surface area contributed by atoms with Crippen LogP contribution >= 0.6 is 11.8 Å². The van der Waals surface area contributed by atoms with Gasteiger partial charge in [-0.05, 0) is 36.0 Å². The number of hydrogen-bond donors (Lipinski definition) is 3. The van der Waals surface area contributed by atoms with Crippen LogP contribution in [-0.2, 0) is 43.4 Å². The summed E-state index contributed by atoms with van der Waals surface area (Å²) in [6.45, 7) is 0.0343. The molecule has 4 rings (SSSR count). The first-order valence-electron chi connectivity index (χ1n) is 14.8. The van der Waals surface area contributed by atoms with E-state index in [2.05, 4.69) is 10.6 Å². The van der Waals surface area contributed by atoms with Gasteiger partial charge < -0.3 is 25.4 Å². The molecule has 3 amide bonds. The second kappa shape index (κ2) is 17.0. The zero-order valence-electron chi connectivity index (χ0n) is 24.8. The fraction of sp³-hybridized carbons (Fsp3) is 0.324. The van der Waals surface area contributed by atoms with Gasteiger partial charge in [-0.1, -0.05) is 97.4 Å². The molecule has 0 bridgehead atoms. The molecule has 3 atom stereocenters. The number of benzene rings is 3. The number of ether oxygens (including phenoxy) is 1. The Hall–Kier alpha value is -4.64. The van der Waals surface area contributed by atoms with Gasteiger partial charge in [0.2, 0.25) is 11.8 Å². The van der Waals surface area contributed by atoms with Crippen LogP contribution < -0.4 is 10.6 Å². The zero-order chi connectivity index (χ0) is 32.0. The van der Waals surface area contributed by atoms with Gasteiger partial charge in [0.25, 0.3) is 5.78 Å². The largest absolute Gasteiger partial charge is 0.475 e. The van der Waals surface area contributed by atoms with Gasteiger partial charge in [0.15, 0.2) is 0 Å². The highest BCUT2D eigenvalue weighted by Gasteiger charge is 2.40. The van der Waals surface area contributed by atoms with Gasteiger partial charge in [0.05, 0.1) is 5.88 Å². The van der Waals surface area contributed by atoms with Crippen LogP contribution in [0.5, 0.6) is 0 Å². The molecule has 1 saturated heterocycles. The molecular formula is C34H37N3O7S. The fourth-order valence-corrected chi connectivity index (χ4v) is 6.20. The van der Waals surface area contributed by atoms with Gasteiger partial charge in [0, 0.05) is 12.2 Å². The number of carboxylic acids is 1. The molecule has 1 heterocycles. The molecule has 1 aliphatic rings. The topological polar surface area (TPSA) is 142 Å². The Bertz CT molecular complexity index is 1440. The molecule has 10 nitrogen and oxygen atoms in total. The molecule has 0 spiro atoms. The molecule has 0 radical (unpaired) electrons. The monoisotopic (exact) mass is 631 g/mol. The van der Waals surface area contributed by atoms with E-state index in [0.717, 1.165) is 18.4 Å². The van der Waals surface area contributed by atoms with Crippen LogP contribution in [0, 0.1) is 0 Å². The lowest BCUT2D eigenvalue weighted by Crippen LogP contribution is -2.56. The van der Waals surface area contributed by atoms with Gasteiger partial charge in [-0.2, -0.15) is 0 Å². The Morgan fingerprint density at radius 3 is 2.02 bits per heavy atom. The van der Waals surface area contributed by atoms with Crippen molar-refractivity contribution in [1.82, 2.24) is 15.5 Å². The average molecular weight is 632 g/mol. The number of carbonyl (C=O) groups excluding carboxylic acids is 4. The molecule has 3 aromatic rings. The molecule has 3 N–H and O–H groups in total. The molecule has 45 heavy (non-hydrogen) atoms. The van der Waals surface area contributed by atoms with Crippen LogP contribution in [0.15, 0.2) is 91.0 Å². The lowest BCUT2D eigenvalue weighted by Gasteiger charge is -2.29. The summed E-state index contributed by atoms with van der Waals surface area (Å²) in [5.74, 6) is -3.41. The second-order valence-electron chi connectivity index (χ2n) is 10.7. The van der Waals surface area contributed by atoms with Crippen molar-refractivity contribution in [3.8, 4) is 0 Å². The molecular weight excluding hydrogens is 594 g/mol. The minimum absolute atomic E-state index is 0.00955. The number of carbonyl (C=O) groups is 5. The van der Waals surface area contributed by atoms with E-state index in [1.54, 1.807) is 30.3 Å². The number of nitrogens with zero attached hydrogens (tertiary/aromatic N) is 1. The van der Waals surface area contributed by atoms with E-state index in [1.165, 1.54) is 22.2 Å². The summed E-state index contributed by atoms with van der Waals surface area (Å²) < 4.78 is 5.38. The van der Waals surface area contributed by atoms with Crippen molar-refractivity contribution in [2.75, 3.05) is 11.6 Å². The Morgan fingerprint density at radius 2 is 1.40 bits per heavy atom. The number of hydrogen-bond acceptors (Lipinski definition) is 7. The van der Waals surface area contributed by atoms with Crippen molar-refractivity contribution in [1.29, 1.82) is 0 Å². The predicted molar refractivity (Wildman–Crippen MR) is 170 cm³/mol. The highest BCUT2D eigenvalue weighted by molar-refractivity contribution is 7.99. The van der Waals surface area contributed by atoms with Gasteiger partial charge in [-0.25, -0.2) is 9.59 Å². The van der Waals surface area contributed by atoms with Crippen LogP contribution in [0.1, 0.15) is 36.0 Å². The first kappa shape index (κ1) is 33.3. The maximum absolute atomic E-state index is 13.9. The maximum atomic E-state index is 13.9. The van der Waals surface area contributed by atoms with E-state index >= 15 is 0 Å². The maximum Gasteiger partial charge on any atom is 0.408 e. The molecule has 3 aromatic carbocycles. The van der Waals surface area contributed by atoms with Crippen LogP contribution in [-0.4, -0.2) is 69.4 Å². The lowest BCUT2D eigenvalue weighted by atomic mass is 10.0. The second-order valence-corrected chi connectivity index (χ2v) is 11.7. The standard InChI is InChI=1S/C34H37N3O7S/c38-30(33(41)42)28(20-25-15-6-2-7-16-25)35-31(39)29-22-45-23-37(29)32(40)27(19-11-10-14-24-12-4-1-5-13-24)36-34(43)44-21-26-17-8-3-9-18-26/h1-9,12-13,15-18,27-29H,10-11,14,19-23H2,(H,35,39)(H,36,43)(H,41,42)/t27-,28-,29-/m0/s1. The third-order valence-electron chi connectivity index (χ3n) is 7.45. The van der Waals surface area contributed by atoms with Gasteiger partial charge in [-0.3, -0.25) is 14.4 Å². The number of amides is 3. The van der Waals surface area contributed by atoms with E-state index < -0.39 is 47.8 Å². The molecule has 0 aromatic heterocycles. The molecule has 11 heteroatoms. The summed E-state index contributed by atoms with van der Waals surface area (Å²) >= 11 is 1.36. The number of carboxylic acid groups (broad SMARTS) is 1. The van der Waals surface area contributed by atoms with Crippen LogP contribution in [0.3, 0.4) is 0 Å². The summed E-state index contributed by atoms with van der Waals surface area (Å²) in [5, 5.41) is 14.7. The van der Waals surface area contributed by atoms with Crippen molar-refractivity contribution in [2.24, 2.45) is 0 Å². The van der Waals surface area contributed by atoms with Gasteiger partial charge in [0.1, 0.15) is 24.7 Å². The molecule has 1 aliphatic heterocycles. The number of rotatable bonds is 15. The summed E-state index contributed by atoms with van der Waals surface area (Å²) in [6.07, 6.45) is 1.80. The van der Waals surface area contributed by atoms with Gasteiger partial charge >= 0.3 is 12.1 Å². The average Bonchev–Trinajstić information content (AvgIpc) is 3.56. The number of unbranched alkanes of at least 4 members (excludes halogenated alkanes) is 1. The molecule has 0 unspecified atom stereocenters. The Kier molecular flexibility index (Phi) is 12.6. The summed E-state index contributed by atoms with van der Waals surface area (Å²) in [6, 6.07) is 24.7. The first-order valence-corrected chi connectivity index (χ1v) is 16.0. The minimum Gasteiger partial charge on any atom is -0.475 e. The molecule has 0 saturated carbocycles. The smallest absolute Gasteiger partial charge is 0.408 e. The molecule has 1 fully saturated rings. The first-order chi connectivity index (χ1) is 21.8. The van der Waals surface area contributed by atoms with Crippen molar-refractivity contribution in [3.63, 3.8) is 0 Å². The third-order valence-corrected chi connectivity index (χ3v) is 8.46. The van der Waals surface area contributed by atoms with E-state index in [9.17, 15) is 29.1 Å². The zero-order valence-corrected chi connectivity index (χ0v) is 25.6. The number of thioether (sulfide) groups is 1. The number of nitrogens with one attached hydrogen (secondary N) is 2. The SMILES string of the molecule is O=C(N[C@@H](CCCCc1ccccc1)C(=O)N1CSC[C@H]1C(=O)N[C@@H](Cc1ccccc1)C(=O)C(=O)O)OCc1ccccc1. The van der Waals surface area contributed by atoms with Crippen molar-refractivity contribution in [2.45, 2.75) is 56.8 Å². The fourth-order valence-electron chi connectivity index (χ4n) is 5.04. The molecule has 236 valence electrons. The minimum atomic E-state index is -1.65. The lowest BCUT2D eigenvalue weighted by molar-refractivity contribution is -0.150. The quantitative estimate of drug-likeness (QED) is 0.169. The highest BCUT2D eigenvalue weighted by atomic mass is 32.2. The van der Waals surface area contributed by atoms with E-state index in [4.69, 9.17) is 4.74 Å². The number of ketones is 1. The number of Topliss-reactive ketones (excluding diaryl/α,β-unsaturated/α-hetero) is 1. The van der Waals surface area contributed by atoms with Crippen LogP contribution in [0.25, 0.3) is 0 Å². The number of aliphatic carboxylic acids is 1. The summed E-state index contributed by atoms with van der Waals surface area (Å²) in [5.41, 5.74) is 2.65. The van der Waals surface area contributed by atoms with Crippen molar-refractivity contribution < 1.29 is 33.8 Å². The predicted octanol–water partition coefficient (Wildman–Crippen LogP) is 3.98. The third kappa shape index (κ3) is 10.2. The van der Waals surface area contributed by atoms with E-state index in [0.29, 0.717) is 18.4 Å². The summed E-state index contributed by atoms with van der Waals surface area (Å²) in [4.78, 5) is 65.5. The Balaban J connectivity index is 1.43. The number of alkyl carbamates (subject to hydrolysis) is 1.